The van der Waals surface area contributed by atoms with Gasteiger partial charge in [0.1, 0.15) is 11.6 Å². The number of hydrogen-bond acceptors (Lipinski definition) is 6. The van der Waals surface area contributed by atoms with Crippen molar-refractivity contribution in [1.82, 2.24) is 14.3 Å². The molecule has 7 nitrogen and oxygen atoms in total. The molecule has 1 unspecified atom stereocenters. The van der Waals surface area contributed by atoms with Gasteiger partial charge in [-0.25, -0.2) is 9.78 Å². The number of anilines is 2. The van der Waals surface area contributed by atoms with Gasteiger partial charge in [-0.1, -0.05) is 31.2 Å². The van der Waals surface area contributed by atoms with E-state index in [1.54, 1.807) is 7.11 Å². The molecule has 1 aromatic heterocycles. The number of amides is 2. The summed E-state index contributed by atoms with van der Waals surface area (Å²) in [5.41, 5.74) is 3.17. The summed E-state index contributed by atoms with van der Waals surface area (Å²) in [4.78, 5) is 21.7. The number of nitrogens with one attached hydrogen (secondary N) is 1. The van der Waals surface area contributed by atoms with E-state index in [4.69, 9.17) is 9.72 Å². The quantitative estimate of drug-likeness (QED) is 0.600. The van der Waals surface area contributed by atoms with E-state index in [1.165, 1.54) is 17.1 Å². The summed E-state index contributed by atoms with van der Waals surface area (Å²) in [7, 11) is 1.67. The van der Waals surface area contributed by atoms with Crippen LogP contribution in [-0.2, 0) is 12.8 Å². The molecule has 0 saturated carbocycles. The number of carbonyl (C=O) groups excluding carboxylic acids is 1. The molecule has 1 atom stereocenters. The van der Waals surface area contributed by atoms with Crippen LogP contribution < -0.4 is 15.0 Å². The lowest BCUT2D eigenvalue weighted by molar-refractivity contribution is 0.185. The Balaban J connectivity index is 1.35. The number of rotatable bonds is 6. The highest BCUT2D eigenvalue weighted by molar-refractivity contribution is 7.09. The van der Waals surface area contributed by atoms with E-state index in [-0.39, 0.29) is 12.1 Å². The average Bonchev–Trinajstić information content (AvgIpc) is 3.27. The molecule has 1 aliphatic rings. The number of piperazine rings is 1. The summed E-state index contributed by atoms with van der Waals surface area (Å²) in [6.07, 6.45) is 1.61. The van der Waals surface area contributed by atoms with Crippen LogP contribution in [0.25, 0.3) is 0 Å². The fourth-order valence-corrected chi connectivity index (χ4v) is 4.63. The van der Waals surface area contributed by atoms with Crippen molar-refractivity contribution in [3.05, 3.63) is 65.5 Å². The smallest absolute Gasteiger partial charge is 0.322 e. The lowest BCUT2D eigenvalue weighted by Crippen LogP contribution is -2.55. The van der Waals surface area contributed by atoms with Gasteiger partial charge < -0.3 is 19.9 Å². The van der Waals surface area contributed by atoms with Crippen LogP contribution in [0.2, 0.25) is 0 Å². The number of methoxy groups -OCH3 is 1. The molecule has 0 bridgehead atoms. The van der Waals surface area contributed by atoms with Crippen molar-refractivity contribution < 1.29 is 9.53 Å². The van der Waals surface area contributed by atoms with E-state index in [1.807, 2.05) is 41.3 Å². The number of benzene rings is 2. The van der Waals surface area contributed by atoms with Gasteiger partial charge in [0.2, 0.25) is 5.13 Å². The van der Waals surface area contributed by atoms with E-state index >= 15 is 0 Å². The molecule has 0 radical (unpaired) electrons. The fourth-order valence-electron chi connectivity index (χ4n) is 3.91. The third-order valence-corrected chi connectivity index (χ3v) is 6.51. The van der Waals surface area contributed by atoms with Crippen molar-refractivity contribution in [2.75, 3.05) is 37.0 Å². The summed E-state index contributed by atoms with van der Waals surface area (Å²) in [6, 6.07) is 16.0. The first kappa shape index (κ1) is 22.1. The van der Waals surface area contributed by atoms with Gasteiger partial charge in [-0.3, -0.25) is 0 Å². The van der Waals surface area contributed by atoms with Gasteiger partial charge in [0.05, 0.1) is 7.11 Å². The SMILES string of the molecule is CCc1cccc(NC(=O)N2CCN(c3nc(Cc4cccc(OC)c4)ns3)CC2C)c1. The van der Waals surface area contributed by atoms with Crippen molar-refractivity contribution in [3.63, 3.8) is 0 Å². The van der Waals surface area contributed by atoms with Gasteiger partial charge >= 0.3 is 6.03 Å². The monoisotopic (exact) mass is 451 g/mol. The van der Waals surface area contributed by atoms with Crippen LogP contribution in [0, 0.1) is 0 Å². The highest BCUT2D eigenvalue weighted by Crippen LogP contribution is 2.24. The standard InChI is InChI=1S/C24H29N5O2S/c1-4-18-7-5-9-20(13-18)25-23(30)29-12-11-28(16-17(29)2)24-26-22(27-32-24)15-19-8-6-10-21(14-19)31-3/h5-10,13-14,17H,4,11-12,15-16H2,1-3H3,(H,25,30). The van der Waals surface area contributed by atoms with E-state index in [0.29, 0.717) is 13.0 Å². The Morgan fingerprint density at radius 1 is 1.19 bits per heavy atom. The molecule has 4 rings (SSSR count). The van der Waals surface area contributed by atoms with Crippen molar-refractivity contribution in [1.29, 1.82) is 0 Å². The second-order valence-corrected chi connectivity index (χ2v) is 8.72. The number of aryl methyl sites for hydroxylation is 1. The predicted molar refractivity (Wildman–Crippen MR) is 129 cm³/mol. The Labute approximate surface area is 193 Å². The van der Waals surface area contributed by atoms with Crippen molar-refractivity contribution >= 4 is 28.4 Å². The molecule has 1 N–H and O–H groups in total. The maximum Gasteiger partial charge on any atom is 0.322 e. The van der Waals surface area contributed by atoms with Crippen LogP contribution >= 0.6 is 11.5 Å². The van der Waals surface area contributed by atoms with Crippen molar-refractivity contribution in [3.8, 4) is 5.75 Å². The zero-order chi connectivity index (χ0) is 22.5. The minimum absolute atomic E-state index is 0.0543. The molecule has 168 valence electrons. The van der Waals surface area contributed by atoms with Crippen molar-refractivity contribution in [2.45, 2.75) is 32.7 Å². The van der Waals surface area contributed by atoms with E-state index in [2.05, 4.69) is 40.6 Å². The van der Waals surface area contributed by atoms with Gasteiger partial charge in [0.15, 0.2) is 0 Å². The molecule has 3 aromatic rings. The van der Waals surface area contributed by atoms with E-state index in [9.17, 15) is 4.79 Å². The molecule has 1 aliphatic heterocycles. The summed E-state index contributed by atoms with van der Waals surface area (Å²) in [5, 5.41) is 3.95. The molecular formula is C24H29N5O2S. The minimum atomic E-state index is -0.0543. The third kappa shape index (κ3) is 5.19. The Kier molecular flexibility index (Phi) is 6.90. The molecule has 2 heterocycles. The van der Waals surface area contributed by atoms with Crippen molar-refractivity contribution in [2.24, 2.45) is 0 Å². The Morgan fingerprint density at radius 3 is 2.78 bits per heavy atom. The average molecular weight is 452 g/mol. The maximum atomic E-state index is 12.8. The van der Waals surface area contributed by atoms with Crippen LogP contribution in [0.5, 0.6) is 5.75 Å². The number of nitrogens with zero attached hydrogens (tertiary/aromatic N) is 4. The van der Waals surface area contributed by atoms with Gasteiger partial charge in [-0.2, -0.15) is 4.37 Å². The molecule has 1 fully saturated rings. The molecule has 8 heteroatoms. The topological polar surface area (TPSA) is 70.6 Å². The number of ether oxygens (including phenoxy) is 1. The molecular weight excluding hydrogens is 422 g/mol. The number of aromatic nitrogens is 2. The highest BCUT2D eigenvalue weighted by Gasteiger charge is 2.29. The molecule has 32 heavy (non-hydrogen) atoms. The summed E-state index contributed by atoms with van der Waals surface area (Å²) >= 11 is 1.42. The Bertz CT molecular complexity index is 1070. The first-order chi connectivity index (χ1) is 15.6. The fraction of sp³-hybridized carbons (Fsp3) is 0.375. The summed E-state index contributed by atoms with van der Waals surface area (Å²) < 4.78 is 9.85. The molecule has 2 amide bonds. The molecule has 1 saturated heterocycles. The number of carbonyl (C=O) groups is 1. The van der Waals surface area contributed by atoms with Gasteiger partial charge in [0.25, 0.3) is 0 Å². The third-order valence-electron chi connectivity index (χ3n) is 5.70. The zero-order valence-corrected chi connectivity index (χ0v) is 19.6. The second-order valence-electron chi connectivity index (χ2n) is 7.99. The highest BCUT2D eigenvalue weighted by atomic mass is 32.1. The lowest BCUT2D eigenvalue weighted by atomic mass is 10.1. The van der Waals surface area contributed by atoms with Gasteiger partial charge in [-0.15, -0.1) is 0 Å². The van der Waals surface area contributed by atoms with Gasteiger partial charge in [0, 0.05) is 49.3 Å². The van der Waals surface area contributed by atoms with Crippen LogP contribution in [0.15, 0.2) is 48.5 Å². The number of hydrogen-bond donors (Lipinski definition) is 1. The Hall–Kier alpha value is -3.13. The molecule has 2 aromatic carbocycles. The molecule has 0 spiro atoms. The first-order valence-corrected chi connectivity index (χ1v) is 11.7. The second kappa shape index (κ2) is 9.99. The number of urea groups is 1. The van der Waals surface area contributed by atoms with Crippen LogP contribution in [0.3, 0.4) is 0 Å². The van der Waals surface area contributed by atoms with E-state index in [0.717, 1.165) is 47.5 Å². The first-order valence-electron chi connectivity index (χ1n) is 10.9. The summed E-state index contributed by atoms with van der Waals surface area (Å²) in [5.74, 6) is 1.64. The predicted octanol–water partition coefficient (Wildman–Crippen LogP) is 4.44. The molecule has 0 aliphatic carbocycles. The minimum Gasteiger partial charge on any atom is -0.497 e. The summed E-state index contributed by atoms with van der Waals surface area (Å²) in [6.45, 7) is 6.30. The van der Waals surface area contributed by atoms with Crippen LogP contribution in [0.1, 0.15) is 30.8 Å². The Morgan fingerprint density at radius 2 is 2.00 bits per heavy atom. The largest absolute Gasteiger partial charge is 0.497 e. The van der Waals surface area contributed by atoms with E-state index < -0.39 is 0 Å². The zero-order valence-electron chi connectivity index (χ0n) is 18.7. The van der Waals surface area contributed by atoms with Crippen LogP contribution in [0.4, 0.5) is 15.6 Å². The lowest BCUT2D eigenvalue weighted by Gasteiger charge is -2.39. The maximum absolute atomic E-state index is 12.8. The van der Waals surface area contributed by atoms with Crippen LogP contribution in [-0.4, -0.2) is 53.1 Å². The normalized spacial score (nSPS) is 16.2. The van der Waals surface area contributed by atoms with Gasteiger partial charge in [-0.05, 0) is 48.7 Å².